The van der Waals surface area contributed by atoms with Crippen molar-refractivity contribution >= 4 is 5.91 Å². The third kappa shape index (κ3) is 6.10. The molecule has 2 rings (SSSR count). The van der Waals surface area contributed by atoms with Crippen molar-refractivity contribution in [2.24, 2.45) is 5.92 Å². The second-order valence-electron chi connectivity index (χ2n) is 7.74. The van der Waals surface area contributed by atoms with Crippen molar-refractivity contribution in [3.05, 3.63) is 0 Å². The molecule has 1 saturated carbocycles. The molecule has 23 heavy (non-hydrogen) atoms. The van der Waals surface area contributed by atoms with Crippen molar-refractivity contribution < 1.29 is 9.90 Å². The maximum atomic E-state index is 12.2. The van der Waals surface area contributed by atoms with E-state index in [1.54, 1.807) is 0 Å². The van der Waals surface area contributed by atoms with Gasteiger partial charge in [-0.25, -0.2) is 0 Å². The summed E-state index contributed by atoms with van der Waals surface area (Å²) in [5, 5.41) is 10.4. The number of aliphatic hydroxyl groups is 1. The third-order valence-corrected chi connectivity index (χ3v) is 5.95. The van der Waals surface area contributed by atoms with Crippen LogP contribution in [0.25, 0.3) is 0 Å². The lowest BCUT2D eigenvalue weighted by Gasteiger charge is -2.30. The number of aliphatic hydroxyl groups excluding tert-OH is 1. The minimum absolute atomic E-state index is 0.200. The summed E-state index contributed by atoms with van der Waals surface area (Å²) in [6.07, 6.45) is 16.2. The van der Waals surface area contributed by atoms with Gasteiger partial charge in [0.2, 0.25) is 5.91 Å². The minimum Gasteiger partial charge on any atom is -0.393 e. The minimum atomic E-state index is -0.200. The van der Waals surface area contributed by atoms with Gasteiger partial charge in [0.25, 0.3) is 0 Å². The lowest BCUT2D eigenvalue weighted by atomic mass is 9.84. The van der Waals surface area contributed by atoms with Crippen molar-refractivity contribution in [1.82, 2.24) is 4.90 Å². The molecule has 134 valence electrons. The van der Waals surface area contributed by atoms with E-state index < -0.39 is 0 Å². The Labute approximate surface area is 142 Å². The van der Waals surface area contributed by atoms with Crippen LogP contribution in [0.5, 0.6) is 0 Å². The number of hydrogen-bond donors (Lipinski definition) is 1. The molecule has 0 spiro atoms. The van der Waals surface area contributed by atoms with E-state index in [2.05, 4.69) is 11.8 Å². The molecular formula is C20H37NO2. The number of nitrogens with zero attached hydrogens (tertiary/aromatic N) is 1. The van der Waals surface area contributed by atoms with Gasteiger partial charge >= 0.3 is 0 Å². The number of unbranched alkanes of at least 4 members (excludes halogenated alkanes) is 4. The van der Waals surface area contributed by atoms with Crippen LogP contribution in [0.1, 0.15) is 96.8 Å². The SMILES string of the molecule is CCCCCCC[C@H]1CCC(=O)N1CC[C@@H](O)C1CCCCC1. The highest BCUT2D eigenvalue weighted by atomic mass is 16.3. The normalized spacial score (nSPS) is 24.3. The van der Waals surface area contributed by atoms with Gasteiger partial charge in [0.05, 0.1) is 6.10 Å². The van der Waals surface area contributed by atoms with Crippen LogP contribution in [0.15, 0.2) is 0 Å². The lowest BCUT2D eigenvalue weighted by molar-refractivity contribution is -0.129. The highest BCUT2D eigenvalue weighted by Gasteiger charge is 2.31. The molecule has 3 heteroatoms. The largest absolute Gasteiger partial charge is 0.393 e. The van der Waals surface area contributed by atoms with Crippen LogP contribution in [0.2, 0.25) is 0 Å². The second kappa shape index (κ2) is 10.3. The molecule has 2 aliphatic rings. The van der Waals surface area contributed by atoms with Crippen molar-refractivity contribution in [2.45, 2.75) is 109 Å². The van der Waals surface area contributed by atoms with E-state index in [0.717, 1.165) is 32.2 Å². The number of rotatable bonds is 10. The van der Waals surface area contributed by atoms with Crippen LogP contribution in [-0.2, 0) is 4.79 Å². The van der Waals surface area contributed by atoms with E-state index in [-0.39, 0.29) is 6.10 Å². The van der Waals surface area contributed by atoms with E-state index in [4.69, 9.17) is 0 Å². The van der Waals surface area contributed by atoms with Gasteiger partial charge in [-0.05, 0) is 38.0 Å². The first kappa shape index (κ1) is 18.8. The zero-order valence-electron chi connectivity index (χ0n) is 15.1. The smallest absolute Gasteiger partial charge is 0.222 e. The number of carbonyl (C=O) groups is 1. The summed E-state index contributed by atoms with van der Waals surface area (Å²) < 4.78 is 0. The van der Waals surface area contributed by atoms with Gasteiger partial charge in [-0.3, -0.25) is 4.79 Å². The number of hydrogen-bond acceptors (Lipinski definition) is 2. The number of amides is 1. The molecule has 1 saturated heterocycles. The highest BCUT2D eigenvalue weighted by Crippen LogP contribution is 2.29. The molecule has 0 aromatic heterocycles. The summed E-state index contributed by atoms with van der Waals surface area (Å²) in [5.74, 6) is 0.799. The van der Waals surface area contributed by atoms with Gasteiger partial charge in [-0.2, -0.15) is 0 Å². The Bertz CT molecular complexity index is 339. The Morgan fingerprint density at radius 2 is 1.83 bits per heavy atom. The molecule has 1 aliphatic carbocycles. The Hall–Kier alpha value is -0.570. The monoisotopic (exact) mass is 323 g/mol. The van der Waals surface area contributed by atoms with Crippen molar-refractivity contribution in [1.29, 1.82) is 0 Å². The molecule has 0 radical (unpaired) electrons. The quantitative estimate of drug-likeness (QED) is 0.594. The average Bonchev–Trinajstić information content (AvgIpc) is 2.93. The van der Waals surface area contributed by atoms with Gasteiger partial charge in [-0.15, -0.1) is 0 Å². The van der Waals surface area contributed by atoms with Gasteiger partial charge in [0.1, 0.15) is 0 Å². The van der Waals surface area contributed by atoms with Crippen LogP contribution in [0.4, 0.5) is 0 Å². The molecule has 1 heterocycles. The van der Waals surface area contributed by atoms with Crippen LogP contribution >= 0.6 is 0 Å². The van der Waals surface area contributed by atoms with Crippen LogP contribution in [0, 0.1) is 5.92 Å². The first-order valence-corrected chi connectivity index (χ1v) is 10.2. The molecule has 3 nitrogen and oxygen atoms in total. The predicted octanol–water partition coefficient (Wildman–Crippen LogP) is 4.67. The first-order chi connectivity index (χ1) is 11.2. The zero-order valence-corrected chi connectivity index (χ0v) is 15.1. The highest BCUT2D eigenvalue weighted by molar-refractivity contribution is 5.78. The Morgan fingerprint density at radius 1 is 1.09 bits per heavy atom. The van der Waals surface area contributed by atoms with Gasteiger partial charge in [-0.1, -0.05) is 58.3 Å². The number of carbonyl (C=O) groups excluding carboxylic acids is 1. The Balaban J connectivity index is 1.69. The van der Waals surface area contributed by atoms with E-state index in [1.807, 2.05) is 0 Å². The fraction of sp³-hybridized carbons (Fsp3) is 0.950. The Morgan fingerprint density at radius 3 is 2.57 bits per heavy atom. The fourth-order valence-electron chi connectivity index (χ4n) is 4.41. The molecule has 0 unspecified atom stereocenters. The number of likely N-dealkylation sites (tertiary alicyclic amines) is 1. The molecule has 0 aromatic rings. The van der Waals surface area contributed by atoms with Crippen LogP contribution in [-0.4, -0.2) is 34.6 Å². The Kier molecular flexibility index (Phi) is 8.43. The molecule has 1 N–H and O–H groups in total. The van der Waals surface area contributed by atoms with Crippen molar-refractivity contribution in [2.75, 3.05) is 6.54 Å². The van der Waals surface area contributed by atoms with Crippen molar-refractivity contribution in [3.63, 3.8) is 0 Å². The molecule has 1 amide bonds. The summed E-state index contributed by atoms with van der Waals surface area (Å²) in [4.78, 5) is 14.2. The van der Waals surface area contributed by atoms with Crippen molar-refractivity contribution in [3.8, 4) is 0 Å². The summed E-state index contributed by atoms with van der Waals surface area (Å²) >= 11 is 0. The zero-order chi connectivity index (χ0) is 16.5. The van der Waals surface area contributed by atoms with Crippen LogP contribution < -0.4 is 0 Å². The molecule has 0 bridgehead atoms. The topological polar surface area (TPSA) is 40.5 Å². The molecule has 1 aliphatic heterocycles. The molecular weight excluding hydrogens is 286 g/mol. The average molecular weight is 324 g/mol. The van der Waals surface area contributed by atoms with E-state index in [1.165, 1.54) is 64.2 Å². The molecule has 2 atom stereocenters. The maximum Gasteiger partial charge on any atom is 0.222 e. The van der Waals surface area contributed by atoms with Gasteiger partial charge < -0.3 is 10.0 Å². The van der Waals surface area contributed by atoms with Crippen LogP contribution in [0.3, 0.4) is 0 Å². The second-order valence-corrected chi connectivity index (χ2v) is 7.74. The molecule has 2 fully saturated rings. The first-order valence-electron chi connectivity index (χ1n) is 10.2. The van der Waals surface area contributed by atoms with E-state index in [0.29, 0.717) is 17.9 Å². The van der Waals surface area contributed by atoms with E-state index >= 15 is 0 Å². The maximum absolute atomic E-state index is 12.2. The fourth-order valence-corrected chi connectivity index (χ4v) is 4.41. The molecule has 0 aromatic carbocycles. The van der Waals surface area contributed by atoms with Gasteiger partial charge in [0, 0.05) is 19.0 Å². The summed E-state index contributed by atoms with van der Waals surface area (Å²) in [6.45, 7) is 3.02. The van der Waals surface area contributed by atoms with E-state index in [9.17, 15) is 9.90 Å². The predicted molar refractivity (Wildman–Crippen MR) is 95.3 cm³/mol. The summed E-state index contributed by atoms with van der Waals surface area (Å²) in [5.41, 5.74) is 0. The lowest BCUT2D eigenvalue weighted by Crippen LogP contribution is -2.36. The third-order valence-electron chi connectivity index (χ3n) is 5.95. The summed E-state index contributed by atoms with van der Waals surface area (Å²) in [6, 6.07) is 0.447. The standard InChI is InChI=1S/C20H37NO2/c1-2-3-4-5-9-12-18-13-14-20(23)21(18)16-15-19(22)17-10-7-6-8-11-17/h17-19,22H,2-16H2,1H3/t18-,19+/m0/s1. The summed E-state index contributed by atoms with van der Waals surface area (Å²) in [7, 11) is 0. The van der Waals surface area contributed by atoms with Gasteiger partial charge in [0.15, 0.2) is 0 Å².